The van der Waals surface area contributed by atoms with Crippen LogP contribution in [0.3, 0.4) is 0 Å². The molecule has 11 heteroatoms. The van der Waals surface area contributed by atoms with E-state index < -0.39 is 11.7 Å². The Bertz CT molecular complexity index is 1260. The second-order valence-electron chi connectivity index (χ2n) is 8.83. The lowest BCUT2D eigenvalue weighted by Gasteiger charge is -2.26. The number of hydrogen-bond acceptors (Lipinski definition) is 8. The van der Waals surface area contributed by atoms with Gasteiger partial charge in [-0.3, -0.25) is 4.79 Å². The van der Waals surface area contributed by atoms with Crippen LogP contribution in [-0.4, -0.2) is 54.0 Å². The maximum Gasteiger partial charge on any atom is 0.410 e. The van der Waals surface area contributed by atoms with Gasteiger partial charge >= 0.3 is 6.09 Å². The number of aromatic amines is 1. The van der Waals surface area contributed by atoms with E-state index in [1.807, 2.05) is 45.0 Å². The number of fused-ring (bicyclic) bond motifs is 1. The number of carbonyl (C=O) groups is 2. The van der Waals surface area contributed by atoms with Crippen molar-refractivity contribution in [2.45, 2.75) is 45.9 Å². The molecule has 0 fully saturated rings. The summed E-state index contributed by atoms with van der Waals surface area (Å²) < 4.78 is 5.60. The van der Waals surface area contributed by atoms with Gasteiger partial charge in [0.2, 0.25) is 0 Å². The number of amides is 2. The molecule has 0 spiro atoms. The predicted molar refractivity (Wildman–Crippen MR) is 132 cm³/mol. The zero-order valence-electron chi connectivity index (χ0n) is 19.8. The summed E-state index contributed by atoms with van der Waals surface area (Å²) in [6, 6.07) is 9.42. The molecule has 1 aromatic carbocycles. The zero-order chi connectivity index (χ0) is 24.8. The fraction of sp³-hybridized carbons (Fsp3) is 0.333. The molecular formula is C24H27N7O3S. The Morgan fingerprint density at radius 2 is 1.89 bits per heavy atom. The van der Waals surface area contributed by atoms with E-state index in [1.165, 1.54) is 11.3 Å². The number of nitrogens with zero attached hydrogens (tertiary/aromatic N) is 5. The lowest BCUT2D eigenvalue weighted by Crippen LogP contribution is -2.38. The van der Waals surface area contributed by atoms with Crippen LogP contribution in [0.4, 0.5) is 4.79 Å². The zero-order valence-corrected chi connectivity index (χ0v) is 20.6. The van der Waals surface area contributed by atoms with Crippen molar-refractivity contribution in [1.29, 1.82) is 0 Å². The molecular weight excluding hydrogens is 466 g/mol. The summed E-state index contributed by atoms with van der Waals surface area (Å²) in [6.45, 7) is 6.33. The Labute approximate surface area is 206 Å². The Morgan fingerprint density at radius 3 is 2.63 bits per heavy atom. The van der Waals surface area contributed by atoms with E-state index in [9.17, 15) is 9.59 Å². The minimum absolute atomic E-state index is 0.219. The fourth-order valence-corrected chi connectivity index (χ4v) is 4.02. The van der Waals surface area contributed by atoms with Gasteiger partial charge in [0.15, 0.2) is 0 Å². The van der Waals surface area contributed by atoms with Crippen LogP contribution in [-0.2, 0) is 24.2 Å². The van der Waals surface area contributed by atoms with Crippen molar-refractivity contribution in [2.75, 3.05) is 6.54 Å². The van der Waals surface area contributed by atoms with Gasteiger partial charge in [-0.1, -0.05) is 12.1 Å². The third kappa shape index (κ3) is 6.82. The van der Waals surface area contributed by atoms with Crippen LogP contribution < -0.4 is 5.32 Å². The Morgan fingerprint density at radius 1 is 1.11 bits per heavy atom. The monoisotopic (exact) mass is 493 g/mol. The molecule has 2 N–H and O–H groups in total. The molecule has 182 valence electrons. The second-order valence-corrected chi connectivity index (χ2v) is 9.77. The van der Waals surface area contributed by atoms with Gasteiger partial charge in [-0.25, -0.2) is 24.7 Å². The summed E-state index contributed by atoms with van der Waals surface area (Å²) in [5.74, 6) is 0.889. The lowest BCUT2D eigenvalue weighted by atomic mass is 10.2. The standard InChI is InChI=1S/C24H27N7O3S/c1-24(2,3)34-23(33)31(14-20-28-16-7-4-5-8-17(16)29-20)12-9-21-30-18(15-35-21)22(32)27-13-19-25-10-6-11-26-19/h4-8,10-11,15H,9,12-14H2,1-3H3,(H,27,32)(H,28,29). The molecule has 0 aliphatic carbocycles. The molecule has 10 nitrogen and oxygen atoms in total. The maximum absolute atomic E-state index is 12.9. The smallest absolute Gasteiger partial charge is 0.410 e. The third-order valence-electron chi connectivity index (χ3n) is 4.84. The molecule has 2 amide bonds. The largest absolute Gasteiger partial charge is 0.444 e. The van der Waals surface area contributed by atoms with E-state index in [4.69, 9.17) is 4.74 Å². The van der Waals surface area contributed by atoms with E-state index in [1.54, 1.807) is 28.7 Å². The molecule has 0 bridgehead atoms. The molecule has 4 aromatic rings. The van der Waals surface area contributed by atoms with Gasteiger partial charge in [-0.15, -0.1) is 11.3 Å². The van der Waals surface area contributed by atoms with Crippen molar-refractivity contribution in [2.24, 2.45) is 0 Å². The van der Waals surface area contributed by atoms with Crippen molar-refractivity contribution in [3.63, 3.8) is 0 Å². The molecule has 35 heavy (non-hydrogen) atoms. The number of imidazole rings is 1. The number of benzene rings is 1. The first-order valence-electron chi connectivity index (χ1n) is 11.2. The summed E-state index contributed by atoms with van der Waals surface area (Å²) in [4.78, 5) is 47.4. The highest BCUT2D eigenvalue weighted by Crippen LogP contribution is 2.17. The van der Waals surface area contributed by atoms with Crippen LogP contribution in [0.15, 0.2) is 48.1 Å². The molecule has 0 atom stereocenters. The molecule has 3 aromatic heterocycles. The number of thiazole rings is 1. The second kappa shape index (κ2) is 10.6. The summed E-state index contributed by atoms with van der Waals surface area (Å²) in [7, 11) is 0. The van der Waals surface area contributed by atoms with Gasteiger partial charge in [0.1, 0.15) is 22.9 Å². The Balaban J connectivity index is 1.40. The van der Waals surface area contributed by atoms with Crippen LogP contribution in [0, 0.1) is 0 Å². The molecule has 4 rings (SSSR count). The minimum atomic E-state index is -0.627. The molecule has 0 saturated carbocycles. The van der Waals surface area contributed by atoms with Gasteiger partial charge in [0.25, 0.3) is 5.91 Å². The molecule has 0 unspecified atom stereocenters. The van der Waals surface area contributed by atoms with E-state index in [2.05, 4.69) is 30.2 Å². The van der Waals surface area contributed by atoms with Crippen molar-refractivity contribution in [1.82, 2.24) is 35.1 Å². The van der Waals surface area contributed by atoms with Crippen LogP contribution in [0.2, 0.25) is 0 Å². The number of rotatable bonds is 8. The van der Waals surface area contributed by atoms with Crippen molar-refractivity contribution < 1.29 is 14.3 Å². The number of ether oxygens (including phenoxy) is 1. The van der Waals surface area contributed by atoms with E-state index in [0.717, 1.165) is 16.0 Å². The molecule has 3 heterocycles. The molecule has 0 aliphatic heterocycles. The first-order chi connectivity index (χ1) is 16.8. The fourth-order valence-electron chi connectivity index (χ4n) is 3.25. The molecule has 0 aliphatic rings. The van der Waals surface area contributed by atoms with Gasteiger partial charge in [-0.2, -0.15) is 0 Å². The molecule has 0 saturated heterocycles. The average Bonchev–Trinajstić information content (AvgIpc) is 3.46. The number of aromatic nitrogens is 5. The van der Waals surface area contributed by atoms with Gasteiger partial charge < -0.3 is 19.9 Å². The van der Waals surface area contributed by atoms with E-state index in [0.29, 0.717) is 30.3 Å². The van der Waals surface area contributed by atoms with Crippen LogP contribution >= 0.6 is 11.3 Å². The SMILES string of the molecule is CC(C)(C)OC(=O)N(CCc1nc(C(=O)NCc2ncccn2)cs1)Cc1nc2ccccc2[nH]1. The summed E-state index contributed by atoms with van der Waals surface area (Å²) >= 11 is 1.37. The van der Waals surface area contributed by atoms with E-state index >= 15 is 0 Å². The number of nitrogens with one attached hydrogen (secondary N) is 2. The summed E-state index contributed by atoms with van der Waals surface area (Å²) in [5.41, 5.74) is 1.44. The number of hydrogen-bond donors (Lipinski definition) is 2. The predicted octanol–water partition coefficient (Wildman–Crippen LogP) is 3.72. The highest BCUT2D eigenvalue weighted by molar-refractivity contribution is 7.09. The van der Waals surface area contributed by atoms with Crippen molar-refractivity contribution in [3.05, 3.63) is 70.5 Å². The first kappa shape index (κ1) is 24.3. The van der Waals surface area contributed by atoms with E-state index in [-0.39, 0.29) is 19.0 Å². The highest BCUT2D eigenvalue weighted by atomic mass is 32.1. The van der Waals surface area contributed by atoms with Gasteiger partial charge in [0, 0.05) is 30.7 Å². The summed E-state index contributed by atoms with van der Waals surface area (Å²) in [6.07, 6.45) is 3.28. The lowest BCUT2D eigenvalue weighted by molar-refractivity contribution is 0.0231. The maximum atomic E-state index is 12.9. The topological polar surface area (TPSA) is 126 Å². The van der Waals surface area contributed by atoms with Crippen molar-refractivity contribution >= 4 is 34.4 Å². The quantitative estimate of drug-likeness (QED) is 0.383. The highest BCUT2D eigenvalue weighted by Gasteiger charge is 2.24. The first-order valence-corrected chi connectivity index (χ1v) is 12.0. The van der Waals surface area contributed by atoms with Crippen LogP contribution in [0.1, 0.15) is 47.9 Å². The minimum Gasteiger partial charge on any atom is -0.444 e. The Kier molecular flexibility index (Phi) is 7.35. The Hall–Kier alpha value is -3.86. The average molecular weight is 494 g/mol. The number of para-hydroxylation sites is 2. The third-order valence-corrected chi connectivity index (χ3v) is 5.75. The van der Waals surface area contributed by atoms with Gasteiger partial charge in [-0.05, 0) is 39.0 Å². The number of H-pyrrole nitrogens is 1. The normalized spacial score (nSPS) is 11.4. The van der Waals surface area contributed by atoms with Crippen LogP contribution in [0.5, 0.6) is 0 Å². The molecule has 0 radical (unpaired) electrons. The van der Waals surface area contributed by atoms with Crippen LogP contribution in [0.25, 0.3) is 11.0 Å². The summed E-state index contributed by atoms with van der Waals surface area (Å²) in [5, 5.41) is 5.21. The van der Waals surface area contributed by atoms with Crippen molar-refractivity contribution in [3.8, 4) is 0 Å². The number of carbonyl (C=O) groups excluding carboxylic acids is 2. The van der Waals surface area contributed by atoms with Gasteiger partial charge in [0.05, 0.1) is 29.1 Å².